The number of carbonyl (C=O) groups excluding carboxylic acids is 1. The first kappa shape index (κ1) is 15.1. The number of amides is 1. The molecule has 0 spiro atoms. The monoisotopic (exact) mass is 368 g/mol. The van der Waals surface area contributed by atoms with E-state index in [2.05, 4.69) is 15.3 Å². The Morgan fingerprint density at radius 3 is 2.85 bits per heavy atom. The smallest absolute Gasteiger partial charge is 0.276 e. The van der Waals surface area contributed by atoms with E-state index < -0.39 is 0 Å². The lowest BCUT2D eigenvalue weighted by Crippen LogP contribution is -2.48. The highest BCUT2D eigenvalue weighted by Crippen LogP contribution is 2.30. The van der Waals surface area contributed by atoms with Crippen LogP contribution in [0.2, 0.25) is 0 Å². The maximum atomic E-state index is 12.5. The second-order valence-electron chi connectivity index (χ2n) is 5.89. The molecule has 5 heterocycles. The maximum Gasteiger partial charge on any atom is 0.276 e. The third-order valence-corrected chi connectivity index (χ3v) is 5.06. The van der Waals surface area contributed by atoms with Gasteiger partial charge >= 0.3 is 0 Å². The van der Waals surface area contributed by atoms with Gasteiger partial charge in [0, 0.05) is 19.2 Å². The summed E-state index contributed by atoms with van der Waals surface area (Å²) in [5.74, 6) is 1.93. The van der Waals surface area contributed by atoms with Crippen LogP contribution in [0, 0.1) is 0 Å². The van der Waals surface area contributed by atoms with E-state index in [1.807, 2.05) is 17.5 Å². The van der Waals surface area contributed by atoms with Crippen LogP contribution in [-0.4, -0.2) is 39.2 Å². The predicted molar refractivity (Wildman–Crippen MR) is 90.5 cm³/mol. The first-order valence-electron chi connectivity index (χ1n) is 7.95. The fourth-order valence-electron chi connectivity index (χ4n) is 2.78. The SMILES string of the molecule is O=C(c1cc(-c2ccco2)on1)N1CC(c2nc(-c3cccs3)no2)C1. The summed E-state index contributed by atoms with van der Waals surface area (Å²) in [7, 11) is 0. The van der Waals surface area contributed by atoms with E-state index in [-0.39, 0.29) is 17.5 Å². The molecule has 0 aliphatic carbocycles. The van der Waals surface area contributed by atoms with E-state index in [4.69, 9.17) is 13.5 Å². The number of aromatic nitrogens is 3. The van der Waals surface area contributed by atoms with Crippen LogP contribution in [0.5, 0.6) is 0 Å². The Hall–Kier alpha value is -3.20. The van der Waals surface area contributed by atoms with Crippen LogP contribution in [0.15, 0.2) is 55.4 Å². The molecule has 9 heteroatoms. The van der Waals surface area contributed by atoms with Gasteiger partial charge in [0.1, 0.15) is 0 Å². The van der Waals surface area contributed by atoms with E-state index >= 15 is 0 Å². The third-order valence-electron chi connectivity index (χ3n) is 4.19. The van der Waals surface area contributed by atoms with Crippen LogP contribution in [0.1, 0.15) is 22.3 Å². The molecule has 0 bridgehead atoms. The molecule has 8 nitrogen and oxygen atoms in total. The van der Waals surface area contributed by atoms with Gasteiger partial charge in [0.05, 0.1) is 17.1 Å². The molecule has 26 heavy (non-hydrogen) atoms. The van der Waals surface area contributed by atoms with Gasteiger partial charge < -0.3 is 18.4 Å². The molecule has 4 aromatic heterocycles. The summed E-state index contributed by atoms with van der Waals surface area (Å²) in [6.45, 7) is 1.02. The molecule has 5 rings (SSSR count). The molecule has 0 N–H and O–H groups in total. The summed E-state index contributed by atoms with van der Waals surface area (Å²) < 4.78 is 15.8. The number of carbonyl (C=O) groups is 1. The molecule has 0 unspecified atom stereocenters. The highest BCUT2D eigenvalue weighted by molar-refractivity contribution is 7.13. The fraction of sp³-hybridized carbons (Fsp3) is 0.176. The van der Waals surface area contributed by atoms with Crippen molar-refractivity contribution in [1.82, 2.24) is 20.2 Å². The summed E-state index contributed by atoms with van der Waals surface area (Å²) >= 11 is 1.55. The van der Waals surface area contributed by atoms with Crippen LogP contribution in [0.25, 0.3) is 22.2 Å². The second kappa shape index (κ2) is 5.95. The lowest BCUT2D eigenvalue weighted by molar-refractivity contribution is 0.0558. The van der Waals surface area contributed by atoms with Crippen LogP contribution in [0.4, 0.5) is 0 Å². The van der Waals surface area contributed by atoms with Gasteiger partial charge in [-0.05, 0) is 23.6 Å². The Morgan fingerprint density at radius 1 is 1.15 bits per heavy atom. The molecule has 1 fully saturated rings. The van der Waals surface area contributed by atoms with Gasteiger partial charge in [-0.1, -0.05) is 16.4 Å². The third kappa shape index (κ3) is 2.53. The van der Waals surface area contributed by atoms with Gasteiger partial charge in [0.15, 0.2) is 11.5 Å². The lowest BCUT2D eigenvalue weighted by atomic mass is 9.99. The normalized spacial score (nSPS) is 14.5. The summed E-state index contributed by atoms with van der Waals surface area (Å²) in [6.07, 6.45) is 1.54. The lowest BCUT2D eigenvalue weighted by Gasteiger charge is -2.36. The largest absolute Gasteiger partial charge is 0.461 e. The number of hydrogen-bond donors (Lipinski definition) is 0. The number of thiophene rings is 1. The highest BCUT2D eigenvalue weighted by atomic mass is 32.1. The molecule has 4 aromatic rings. The maximum absolute atomic E-state index is 12.5. The van der Waals surface area contributed by atoms with Crippen molar-refractivity contribution in [3.8, 4) is 22.2 Å². The summed E-state index contributed by atoms with van der Waals surface area (Å²) in [6, 6.07) is 8.95. The van der Waals surface area contributed by atoms with Gasteiger partial charge in [0.25, 0.3) is 5.91 Å². The molecule has 1 aliphatic heterocycles. The van der Waals surface area contributed by atoms with Crippen molar-refractivity contribution in [3.63, 3.8) is 0 Å². The van der Waals surface area contributed by atoms with Crippen molar-refractivity contribution in [2.75, 3.05) is 13.1 Å². The van der Waals surface area contributed by atoms with Crippen molar-refractivity contribution >= 4 is 17.2 Å². The second-order valence-corrected chi connectivity index (χ2v) is 6.84. The van der Waals surface area contributed by atoms with Crippen molar-refractivity contribution < 1.29 is 18.3 Å². The molecule has 1 amide bonds. The molecule has 1 aliphatic rings. The summed E-state index contributed by atoms with van der Waals surface area (Å²) in [5.41, 5.74) is 0.250. The minimum atomic E-state index is -0.194. The zero-order valence-corrected chi connectivity index (χ0v) is 14.2. The van der Waals surface area contributed by atoms with Gasteiger partial charge in [-0.15, -0.1) is 11.3 Å². The van der Waals surface area contributed by atoms with E-state index in [0.717, 1.165) is 4.88 Å². The number of nitrogens with zero attached hydrogens (tertiary/aromatic N) is 4. The number of rotatable bonds is 4. The van der Waals surface area contributed by atoms with Crippen molar-refractivity contribution in [3.05, 3.63) is 53.6 Å². The first-order chi connectivity index (χ1) is 12.8. The summed E-state index contributed by atoms with van der Waals surface area (Å²) in [4.78, 5) is 19.5. The van der Waals surface area contributed by atoms with Gasteiger partial charge in [0.2, 0.25) is 17.5 Å². The standard InChI is InChI=1S/C17H12N4O4S/c22-17(11-7-13(24-19-11)12-3-1-5-23-12)21-8-10(9-21)16-18-15(20-25-16)14-4-2-6-26-14/h1-7,10H,8-9H2. The van der Waals surface area contributed by atoms with Gasteiger partial charge in [-0.2, -0.15) is 4.98 Å². The molecule has 130 valence electrons. The van der Waals surface area contributed by atoms with Crippen LogP contribution >= 0.6 is 11.3 Å². The first-order valence-corrected chi connectivity index (χ1v) is 8.83. The van der Waals surface area contributed by atoms with E-state index in [9.17, 15) is 4.79 Å². The molecule has 0 saturated carbocycles. The number of likely N-dealkylation sites (tertiary alicyclic amines) is 1. The molecular weight excluding hydrogens is 356 g/mol. The van der Waals surface area contributed by atoms with Gasteiger partial charge in [-0.25, -0.2) is 0 Å². The molecule has 1 saturated heterocycles. The Balaban J connectivity index is 1.25. The van der Waals surface area contributed by atoms with Gasteiger partial charge in [-0.3, -0.25) is 4.79 Å². The summed E-state index contributed by atoms with van der Waals surface area (Å²) in [5, 5.41) is 9.80. The molecular formula is C17H12N4O4S. The van der Waals surface area contributed by atoms with Crippen LogP contribution in [-0.2, 0) is 0 Å². The van der Waals surface area contributed by atoms with E-state index in [1.54, 1.807) is 34.4 Å². The molecule has 0 atom stereocenters. The number of furan rings is 1. The Kier molecular flexibility index (Phi) is 3.45. The zero-order chi connectivity index (χ0) is 17.5. The topological polar surface area (TPSA) is 98.4 Å². The van der Waals surface area contributed by atoms with E-state index in [1.165, 1.54) is 6.26 Å². The quantitative estimate of drug-likeness (QED) is 0.545. The Labute approximate surface area is 151 Å². The minimum Gasteiger partial charge on any atom is -0.461 e. The Morgan fingerprint density at radius 2 is 2.08 bits per heavy atom. The average molecular weight is 368 g/mol. The zero-order valence-electron chi connectivity index (χ0n) is 13.4. The number of hydrogen-bond acceptors (Lipinski definition) is 8. The predicted octanol–water partition coefficient (Wildman–Crippen LogP) is 3.29. The minimum absolute atomic E-state index is 0.0385. The fourth-order valence-corrected chi connectivity index (χ4v) is 3.43. The highest BCUT2D eigenvalue weighted by Gasteiger charge is 2.37. The van der Waals surface area contributed by atoms with Crippen molar-refractivity contribution in [1.29, 1.82) is 0 Å². The van der Waals surface area contributed by atoms with Crippen molar-refractivity contribution in [2.45, 2.75) is 5.92 Å². The Bertz CT molecular complexity index is 1030. The van der Waals surface area contributed by atoms with Crippen molar-refractivity contribution in [2.24, 2.45) is 0 Å². The van der Waals surface area contributed by atoms with E-state index in [0.29, 0.717) is 36.3 Å². The van der Waals surface area contributed by atoms with Crippen LogP contribution in [0.3, 0.4) is 0 Å². The van der Waals surface area contributed by atoms with Crippen LogP contribution < -0.4 is 0 Å². The average Bonchev–Trinajstić information content (AvgIpc) is 3.40. The molecule has 0 aromatic carbocycles. The molecule has 0 radical (unpaired) electrons.